The van der Waals surface area contributed by atoms with Crippen molar-refractivity contribution in [2.45, 2.75) is 39.3 Å². The third-order valence-electron chi connectivity index (χ3n) is 3.75. The molecule has 1 aliphatic rings. The third-order valence-corrected chi connectivity index (χ3v) is 3.75. The lowest BCUT2D eigenvalue weighted by Crippen LogP contribution is -2.37. The third kappa shape index (κ3) is 5.14. The Hall–Kier alpha value is -1.06. The molecule has 1 atom stereocenters. The summed E-state index contributed by atoms with van der Waals surface area (Å²) in [6, 6.07) is 8.40. The van der Waals surface area contributed by atoms with Gasteiger partial charge < -0.3 is 15.0 Å². The predicted molar refractivity (Wildman–Crippen MR) is 84.1 cm³/mol. The molecule has 3 heteroatoms. The summed E-state index contributed by atoms with van der Waals surface area (Å²) in [7, 11) is 2.22. The molecule has 1 fully saturated rings. The highest BCUT2D eigenvalue weighted by Gasteiger charge is 2.16. The molecule has 1 heterocycles. The van der Waals surface area contributed by atoms with Crippen molar-refractivity contribution >= 4 is 0 Å². The number of likely N-dealkylation sites (tertiary alicyclic amines) is 1. The molecule has 1 N–H and O–H groups in total. The van der Waals surface area contributed by atoms with Crippen molar-refractivity contribution in [1.82, 2.24) is 10.2 Å². The molecule has 0 aliphatic carbocycles. The Morgan fingerprint density at radius 2 is 2.25 bits per heavy atom. The Balaban J connectivity index is 1.76. The van der Waals surface area contributed by atoms with E-state index in [2.05, 4.69) is 49.3 Å². The van der Waals surface area contributed by atoms with E-state index in [4.69, 9.17) is 4.74 Å². The maximum absolute atomic E-state index is 5.73. The Kier molecular flexibility index (Phi) is 5.86. The van der Waals surface area contributed by atoms with Crippen molar-refractivity contribution in [1.29, 1.82) is 0 Å². The first kappa shape index (κ1) is 15.3. The summed E-state index contributed by atoms with van der Waals surface area (Å²) in [4.78, 5) is 2.44. The van der Waals surface area contributed by atoms with Gasteiger partial charge in [-0.3, -0.25) is 0 Å². The number of rotatable bonds is 6. The highest BCUT2D eigenvalue weighted by molar-refractivity contribution is 5.28. The minimum atomic E-state index is 0.232. The van der Waals surface area contributed by atoms with Gasteiger partial charge in [0.15, 0.2) is 0 Å². The molecule has 3 nitrogen and oxygen atoms in total. The molecule has 1 aromatic rings. The maximum Gasteiger partial charge on any atom is 0.120 e. The standard InChI is InChI=1S/C17H28N2O/c1-14(2)20-17-8-4-6-15(10-17)11-18-12-16-7-5-9-19(3)13-16/h4,6,8,10,14,16,18H,5,7,9,11-13H2,1-3H3. The van der Waals surface area contributed by atoms with Crippen LogP contribution in [-0.2, 0) is 6.54 Å². The Morgan fingerprint density at radius 1 is 1.40 bits per heavy atom. The topological polar surface area (TPSA) is 24.5 Å². The smallest absolute Gasteiger partial charge is 0.120 e. The first-order chi connectivity index (χ1) is 9.63. The van der Waals surface area contributed by atoms with Crippen molar-refractivity contribution in [3.05, 3.63) is 29.8 Å². The summed E-state index contributed by atoms with van der Waals surface area (Å²) in [5, 5.41) is 3.59. The summed E-state index contributed by atoms with van der Waals surface area (Å²) in [6.45, 7) is 8.64. The summed E-state index contributed by atoms with van der Waals surface area (Å²) >= 11 is 0. The summed E-state index contributed by atoms with van der Waals surface area (Å²) in [6.07, 6.45) is 2.92. The number of ether oxygens (including phenoxy) is 1. The van der Waals surface area contributed by atoms with Crippen LogP contribution in [0.1, 0.15) is 32.3 Å². The lowest BCUT2D eigenvalue weighted by molar-refractivity contribution is 0.206. The van der Waals surface area contributed by atoms with Gasteiger partial charge in [0.05, 0.1) is 6.10 Å². The molecule has 2 rings (SSSR count). The fourth-order valence-corrected chi connectivity index (χ4v) is 2.86. The fraction of sp³-hybridized carbons (Fsp3) is 0.647. The zero-order valence-corrected chi connectivity index (χ0v) is 13.1. The van der Waals surface area contributed by atoms with Crippen molar-refractivity contribution in [3.63, 3.8) is 0 Å². The second-order valence-electron chi connectivity index (χ2n) is 6.22. The first-order valence-corrected chi connectivity index (χ1v) is 7.78. The highest BCUT2D eigenvalue weighted by atomic mass is 16.5. The quantitative estimate of drug-likeness (QED) is 0.864. The fourth-order valence-electron chi connectivity index (χ4n) is 2.86. The number of benzene rings is 1. The van der Waals surface area contributed by atoms with Crippen LogP contribution in [0.2, 0.25) is 0 Å². The number of nitrogens with one attached hydrogen (secondary N) is 1. The molecule has 20 heavy (non-hydrogen) atoms. The zero-order valence-electron chi connectivity index (χ0n) is 13.1. The molecule has 0 aromatic heterocycles. The van der Waals surface area contributed by atoms with Gasteiger partial charge >= 0.3 is 0 Å². The number of hydrogen-bond donors (Lipinski definition) is 1. The zero-order chi connectivity index (χ0) is 14.4. The lowest BCUT2D eigenvalue weighted by atomic mass is 9.98. The lowest BCUT2D eigenvalue weighted by Gasteiger charge is -2.29. The number of piperidine rings is 1. The monoisotopic (exact) mass is 276 g/mol. The van der Waals surface area contributed by atoms with Crippen molar-refractivity contribution < 1.29 is 4.74 Å². The van der Waals surface area contributed by atoms with E-state index in [1.54, 1.807) is 0 Å². The van der Waals surface area contributed by atoms with E-state index < -0.39 is 0 Å². The number of nitrogens with zero attached hydrogens (tertiary/aromatic N) is 1. The van der Waals surface area contributed by atoms with E-state index in [-0.39, 0.29) is 6.10 Å². The van der Waals surface area contributed by atoms with Crippen LogP contribution in [0.15, 0.2) is 24.3 Å². The normalized spacial score (nSPS) is 20.3. The Labute approximate surface area is 123 Å². The molecular formula is C17H28N2O. The maximum atomic E-state index is 5.73. The van der Waals surface area contributed by atoms with E-state index in [0.717, 1.165) is 24.8 Å². The first-order valence-electron chi connectivity index (χ1n) is 7.78. The molecule has 1 aromatic carbocycles. The Bertz CT molecular complexity index is 406. The van der Waals surface area contributed by atoms with E-state index in [1.807, 2.05) is 6.07 Å². The molecule has 0 radical (unpaired) electrons. The predicted octanol–water partition coefficient (Wildman–Crippen LogP) is 2.91. The average molecular weight is 276 g/mol. The van der Waals surface area contributed by atoms with Crippen LogP contribution in [-0.4, -0.2) is 37.7 Å². The minimum Gasteiger partial charge on any atom is -0.491 e. The van der Waals surface area contributed by atoms with Crippen molar-refractivity contribution in [3.8, 4) is 5.75 Å². The van der Waals surface area contributed by atoms with Gasteiger partial charge in [-0.05, 0) is 70.4 Å². The average Bonchev–Trinajstić information content (AvgIpc) is 2.38. The van der Waals surface area contributed by atoms with Crippen LogP contribution in [0.4, 0.5) is 0 Å². The van der Waals surface area contributed by atoms with Crippen LogP contribution in [0.25, 0.3) is 0 Å². The second kappa shape index (κ2) is 7.65. The van der Waals surface area contributed by atoms with Crippen LogP contribution in [0.5, 0.6) is 5.75 Å². The molecule has 1 aliphatic heterocycles. The Morgan fingerprint density at radius 3 is 3.00 bits per heavy atom. The molecule has 0 spiro atoms. The molecule has 0 saturated carbocycles. The van der Waals surface area contributed by atoms with Gasteiger partial charge in [0, 0.05) is 13.1 Å². The largest absolute Gasteiger partial charge is 0.491 e. The molecule has 1 unspecified atom stereocenters. The van der Waals surface area contributed by atoms with Gasteiger partial charge in [-0.25, -0.2) is 0 Å². The van der Waals surface area contributed by atoms with E-state index in [9.17, 15) is 0 Å². The SMILES string of the molecule is CC(C)Oc1cccc(CNCC2CCCN(C)C2)c1. The second-order valence-corrected chi connectivity index (χ2v) is 6.22. The highest BCUT2D eigenvalue weighted by Crippen LogP contribution is 2.16. The van der Waals surface area contributed by atoms with Gasteiger partial charge in [0.2, 0.25) is 0 Å². The van der Waals surface area contributed by atoms with Gasteiger partial charge in [-0.15, -0.1) is 0 Å². The van der Waals surface area contributed by atoms with Gasteiger partial charge in [-0.2, -0.15) is 0 Å². The summed E-state index contributed by atoms with van der Waals surface area (Å²) in [5.41, 5.74) is 1.30. The summed E-state index contributed by atoms with van der Waals surface area (Å²) < 4.78 is 5.73. The van der Waals surface area contributed by atoms with Crippen LogP contribution >= 0.6 is 0 Å². The summed E-state index contributed by atoms with van der Waals surface area (Å²) in [5.74, 6) is 1.76. The van der Waals surface area contributed by atoms with E-state index in [1.165, 1.54) is 31.5 Å². The van der Waals surface area contributed by atoms with Crippen LogP contribution in [0, 0.1) is 5.92 Å². The molecule has 112 valence electrons. The van der Waals surface area contributed by atoms with E-state index >= 15 is 0 Å². The molecule has 0 amide bonds. The minimum absolute atomic E-state index is 0.232. The van der Waals surface area contributed by atoms with Gasteiger partial charge in [0.25, 0.3) is 0 Å². The van der Waals surface area contributed by atoms with Gasteiger partial charge in [0.1, 0.15) is 5.75 Å². The van der Waals surface area contributed by atoms with Crippen molar-refractivity contribution in [2.75, 3.05) is 26.7 Å². The van der Waals surface area contributed by atoms with Crippen molar-refractivity contribution in [2.24, 2.45) is 5.92 Å². The number of hydrogen-bond acceptors (Lipinski definition) is 3. The van der Waals surface area contributed by atoms with Crippen LogP contribution < -0.4 is 10.1 Å². The molecule has 1 saturated heterocycles. The van der Waals surface area contributed by atoms with Crippen LogP contribution in [0.3, 0.4) is 0 Å². The van der Waals surface area contributed by atoms with Gasteiger partial charge in [-0.1, -0.05) is 12.1 Å². The van der Waals surface area contributed by atoms with E-state index in [0.29, 0.717) is 0 Å². The molecular weight excluding hydrogens is 248 g/mol. The molecule has 0 bridgehead atoms.